The van der Waals surface area contributed by atoms with Crippen LogP contribution in [-0.2, 0) is 11.0 Å². The second kappa shape index (κ2) is 8.26. The molecule has 0 aromatic heterocycles. The summed E-state index contributed by atoms with van der Waals surface area (Å²) in [5.74, 6) is -0.696. The third-order valence-corrected chi connectivity index (χ3v) is 4.82. The monoisotopic (exact) mass is 391 g/mol. The Kier molecular flexibility index (Phi) is 6.52. The number of nitrogens with one attached hydrogen (secondary N) is 2. The molecule has 2 saturated heterocycles. The lowest BCUT2D eigenvalue weighted by Crippen LogP contribution is -2.47. The molecule has 1 aromatic carbocycles. The minimum Gasteiger partial charge on any atom is -0.343 e. The van der Waals surface area contributed by atoms with Gasteiger partial charge in [-0.2, -0.15) is 13.2 Å². The Morgan fingerprint density at radius 3 is 2.42 bits per heavy atom. The van der Waals surface area contributed by atoms with Gasteiger partial charge in [-0.25, -0.2) is 0 Å². The predicted octanol–water partition coefficient (Wildman–Crippen LogP) is 2.21. The molecule has 0 spiro atoms. The molecular weight excluding hydrogens is 371 g/mol. The summed E-state index contributed by atoms with van der Waals surface area (Å²) in [5.41, 5.74) is -0.713. The van der Waals surface area contributed by atoms with Gasteiger partial charge < -0.3 is 15.5 Å². The lowest BCUT2D eigenvalue weighted by Gasteiger charge is -2.28. The summed E-state index contributed by atoms with van der Waals surface area (Å²) in [6.07, 6.45) is -1.61. The summed E-state index contributed by atoms with van der Waals surface area (Å²) >= 11 is 0. The number of fused-ring (bicyclic) bond motifs is 2. The second-order valence-corrected chi connectivity index (χ2v) is 6.44. The number of rotatable bonds is 3. The lowest BCUT2D eigenvalue weighted by molar-refractivity contribution is -0.137. The number of alkyl halides is 3. The highest BCUT2D eigenvalue weighted by atomic mass is 35.5. The van der Waals surface area contributed by atoms with E-state index >= 15 is 0 Å². The SMILES string of the molecule is Cl.O=C(NCC(=O)N1C2CCNCC1CC2)c1ccc(C(F)(F)F)cc1. The molecule has 2 N–H and O–H groups in total. The molecule has 26 heavy (non-hydrogen) atoms. The number of amides is 2. The first-order valence-corrected chi connectivity index (χ1v) is 8.33. The summed E-state index contributed by atoms with van der Waals surface area (Å²) in [6.45, 7) is 1.49. The van der Waals surface area contributed by atoms with E-state index in [9.17, 15) is 22.8 Å². The van der Waals surface area contributed by atoms with E-state index in [1.165, 1.54) is 0 Å². The van der Waals surface area contributed by atoms with Crippen LogP contribution in [0.15, 0.2) is 24.3 Å². The quantitative estimate of drug-likeness (QED) is 0.830. The van der Waals surface area contributed by atoms with Crippen LogP contribution in [0.1, 0.15) is 35.2 Å². The molecule has 2 amide bonds. The molecule has 144 valence electrons. The first-order valence-electron chi connectivity index (χ1n) is 8.33. The largest absolute Gasteiger partial charge is 0.416 e. The van der Waals surface area contributed by atoms with Gasteiger partial charge >= 0.3 is 6.18 Å². The van der Waals surface area contributed by atoms with E-state index in [0.29, 0.717) is 0 Å². The maximum atomic E-state index is 12.5. The third-order valence-electron chi connectivity index (χ3n) is 4.82. The number of nitrogens with zero attached hydrogens (tertiary/aromatic N) is 1. The van der Waals surface area contributed by atoms with Gasteiger partial charge in [0.1, 0.15) is 0 Å². The molecule has 9 heteroatoms. The zero-order valence-electron chi connectivity index (χ0n) is 14.0. The molecule has 2 bridgehead atoms. The minimum absolute atomic E-state index is 0. The Balaban J connectivity index is 0.00000243. The van der Waals surface area contributed by atoms with Crippen molar-refractivity contribution >= 4 is 24.2 Å². The number of hydrogen-bond donors (Lipinski definition) is 2. The molecular formula is C17H21ClF3N3O2. The van der Waals surface area contributed by atoms with Gasteiger partial charge in [-0.15, -0.1) is 12.4 Å². The Morgan fingerprint density at radius 1 is 1.12 bits per heavy atom. The molecule has 2 atom stereocenters. The second-order valence-electron chi connectivity index (χ2n) is 6.44. The van der Waals surface area contributed by atoms with E-state index in [4.69, 9.17) is 0 Å². The van der Waals surface area contributed by atoms with Gasteiger partial charge in [-0.1, -0.05) is 0 Å². The van der Waals surface area contributed by atoms with Crippen LogP contribution in [0, 0.1) is 0 Å². The average Bonchev–Trinajstić information content (AvgIpc) is 2.84. The van der Waals surface area contributed by atoms with Crippen molar-refractivity contribution in [1.82, 2.24) is 15.5 Å². The van der Waals surface area contributed by atoms with Crippen LogP contribution < -0.4 is 10.6 Å². The van der Waals surface area contributed by atoms with E-state index < -0.39 is 17.6 Å². The predicted molar refractivity (Wildman–Crippen MR) is 92.2 cm³/mol. The van der Waals surface area contributed by atoms with Gasteiger partial charge in [0.15, 0.2) is 0 Å². The van der Waals surface area contributed by atoms with Gasteiger partial charge in [-0.05, 0) is 50.1 Å². The molecule has 0 radical (unpaired) electrons. The standard InChI is InChI=1S/C17H20F3N3O2.ClH/c18-17(19,20)12-3-1-11(2-4-12)16(25)22-10-15(24)23-13-5-6-14(23)9-21-8-7-13;/h1-4,13-14,21H,5-10H2,(H,22,25);1H. The zero-order chi connectivity index (χ0) is 18.0. The topological polar surface area (TPSA) is 61.4 Å². The maximum absolute atomic E-state index is 12.5. The normalized spacial score (nSPS) is 22.3. The smallest absolute Gasteiger partial charge is 0.343 e. The van der Waals surface area contributed by atoms with E-state index in [0.717, 1.165) is 56.6 Å². The van der Waals surface area contributed by atoms with Crippen LogP contribution in [-0.4, -0.2) is 48.4 Å². The Bertz CT molecular complexity index is 638. The summed E-state index contributed by atoms with van der Waals surface area (Å²) in [6, 6.07) is 4.30. The Morgan fingerprint density at radius 2 is 1.77 bits per heavy atom. The lowest BCUT2D eigenvalue weighted by atomic mass is 10.1. The number of benzene rings is 1. The van der Waals surface area contributed by atoms with Crippen molar-refractivity contribution in [2.24, 2.45) is 0 Å². The summed E-state index contributed by atoms with van der Waals surface area (Å²) in [7, 11) is 0. The molecule has 2 fully saturated rings. The first kappa shape index (κ1) is 20.5. The third kappa shape index (κ3) is 4.48. The van der Waals surface area contributed by atoms with Crippen molar-refractivity contribution in [2.75, 3.05) is 19.6 Å². The van der Waals surface area contributed by atoms with Gasteiger partial charge in [0.05, 0.1) is 12.1 Å². The van der Waals surface area contributed by atoms with Crippen LogP contribution in [0.3, 0.4) is 0 Å². The molecule has 1 aromatic rings. The van der Waals surface area contributed by atoms with Crippen molar-refractivity contribution in [3.8, 4) is 0 Å². The van der Waals surface area contributed by atoms with Crippen molar-refractivity contribution < 1.29 is 22.8 Å². The van der Waals surface area contributed by atoms with E-state index in [-0.39, 0.29) is 42.5 Å². The summed E-state index contributed by atoms with van der Waals surface area (Å²) < 4.78 is 37.6. The van der Waals surface area contributed by atoms with Crippen molar-refractivity contribution in [3.05, 3.63) is 35.4 Å². The molecule has 3 rings (SSSR count). The summed E-state index contributed by atoms with van der Waals surface area (Å²) in [5, 5.41) is 5.81. The minimum atomic E-state index is -4.44. The highest BCUT2D eigenvalue weighted by Gasteiger charge is 2.37. The van der Waals surface area contributed by atoms with Crippen molar-refractivity contribution in [3.63, 3.8) is 0 Å². The van der Waals surface area contributed by atoms with Gasteiger partial charge in [0, 0.05) is 24.2 Å². The zero-order valence-corrected chi connectivity index (χ0v) is 14.8. The van der Waals surface area contributed by atoms with Gasteiger partial charge in [-0.3, -0.25) is 9.59 Å². The Hall–Kier alpha value is -1.80. The van der Waals surface area contributed by atoms with Crippen LogP contribution in [0.25, 0.3) is 0 Å². The number of carbonyl (C=O) groups excluding carboxylic acids is 2. The number of hydrogen-bond acceptors (Lipinski definition) is 3. The van der Waals surface area contributed by atoms with Crippen molar-refractivity contribution in [1.29, 1.82) is 0 Å². The molecule has 2 aliphatic heterocycles. The fourth-order valence-electron chi connectivity index (χ4n) is 3.55. The molecule has 0 aliphatic carbocycles. The van der Waals surface area contributed by atoms with E-state index in [1.54, 1.807) is 0 Å². The van der Waals surface area contributed by atoms with E-state index in [1.807, 2.05) is 4.90 Å². The molecule has 5 nitrogen and oxygen atoms in total. The Labute approximate surface area is 155 Å². The molecule has 2 unspecified atom stereocenters. The highest BCUT2D eigenvalue weighted by Crippen LogP contribution is 2.29. The fourth-order valence-corrected chi connectivity index (χ4v) is 3.55. The molecule has 2 heterocycles. The van der Waals surface area contributed by atoms with E-state index in [2.05, 4.69) is 10.6 Å². The highest BCUT2D eigenvalue weighted by molar-refractivity contribution is 5.96. The van der Waals surface area contributed by atoms with Crippen LogP contribution in [0.4, 0.5) is 13.2 Å². The van der Waals surface area contributed by atoms with Crippen LogP contribution >= 0.6 is 12.4 Å². The summed E-state index contributed by atoms with van der Waals surface area (Å²) in [4.78, 5) is 26.4. The number of carbonyl (C=O) groups is 2. The maximum Gasteiger partial charge on any atom is 0.416 e. The average molecular weight is 392 g/mol. The number of halogens is 4. The molecule has 2 aliphatic rings. The van der Waals surface area contributed by atoms with Gasteiger partial charge in [0.25, 0.3) is 5.91 Å². The van der Waals surface area contributed by atoms with Crippen LogP contribution in [0.2, 0.25) is 0 Å². The van der Waals surface area contributed by atoms with Crippen LogP contribution in [0.5, 0.6) is 0 Å². The fraction of sp³-hybridized carbons (Fsp3) is 0.529. The molecule has 0 saturated carbocycles. The van der Waals surface area contributed by atoms with Gasteiger partial charge in [0.2, 0.25) is 5.91 Å². The first-order chi connectivity index (χ1) is 11.9. The van der Waals surface area contributed by atoms with Crippen molar-refractivity contribution in [2.45, 2.75) is 37.5 Å².